The third-order valence-corrected chi connectivity index (χ3v) is 3.20. The highest BCUT2D eigenvalue weighted by molar-refractivity contribution is 8.23. The van der Waals surface area contributed by atoms with Crippen molar-refractivity contribution >= 4 is 10.8 Å². The van der Waals surface area contributed by atoms with Crippen molar-refractivity contribution in [2.45, 2.75) is 39.0 Å². The zero-order valence-electron chi connectivity index (χ0n) is 6.96. The van der Waals surface area contributed by atoms with Gasteiger partial charge in [-0.25, -0.2) is 4.72 Å². The van der Waals surface area contributed by atoms with Crippen LogP contribution in [0.15, 0.2) is 0 Å². The lowest BCUT2D eigenvalue weighted by atomic mass is 10.4. The fourth-order valence-electron chi connectivity index (χ4n) is 0.483. The van der Waals surface area contributed by atoms with Crippen LogP contribution in [-0.2, 0) is 0 Å². The average molecular weight is 167 g/mol. The molecule has 0 rings (SSSR count). The summed E-state index contributed by atoms with van der Waals surface area (Å²) in [5, 5.41) is -0.116. The fourth-order valence-corrected chi connectivity index (χ4v) is 1.45. The average Bonchev–Trinajstić information content (AvgIpc) is 1.60. The second-order valence-electron chi connectivity index (χ2n) is 2.91. The zero-order valence-corrected chi connectivity index (χ0v) is 7.77. The first-order chi connectivity index (χ1) is 4.36. The summed E-state index contributed by atoms with van der Waals surface area (Å²) in [4.78, 5) is 0. The van der Waals surface area contributed by atoms with E-state index in [-0.39, 0.29) is 11.3 Å². The molecule has 0 unspecified atom stereocenters. The van der Waals surface area contributed by atoms with Crippen LogP contribution in [-0.4, -0.2) is 20.4 Å². The van der Waals surface area contributed by atoms with Crippen LogP contribution in [0.4, 0.5) is 0 Å². The Balaban J connectivity index is 3.87. The standard InChI is InChI=1S/C6H17NO2S/c1-5(2)7-10(8,9)6(3)4/h5-9H,1-4H3. The van der Waals surface area contributed by atoms with Crippen molar-refractivity contribution in [2.24, 2.45) is 0 Å². The molecule has 0 aromatic carbocycles. The molecule has 0 aromatic heterocycles. The van der Waals surface area contributed by atoms with Gasteiger partial charge in [-0.1, -0.05) is 0 Å². The summed E-state index contributed by atoms with van der Waals surface area (Å²) in [6, 6.07) is 0.118. The summed E-state index contributed by atoms with van der Waals surface area (Å²) in [6.07, 6.45) is 0. The van der Waals surface area contributed by atoms with E-state index >= 15 is 0 Å². The van der Waals surface area contributed by atoms with Crippen LogP contribution in [0.3, 0.4) is 0 Å². The maximum absolute atomic E-state index is 9.29. The van der Waals surface area contributed by atoms with E-state index in [2.05, 4.69) is 4.72 Å². The molecule has 4 heteroatoms. The lowest BCUT2D eigenvalue weighted by Crippen LogP contribution is -2.31. The highest BCUT2D eigenvalue weighted by atomic mass is 32.3. The predicted octanol–water partition coefficient (Wildman–Crippen LogP) is 2.06. The van der Waals surface area contributed by atoms with Gasteiger partial charge in [-0.15, -0.1) is 10.8 Å². The van der Waals surface area contributed by atoms with Crippen molar-refractivity contribution in [1.29, 1.82) is 0 Å². The first-order valence-corrected chi connectivity index (χ1v) is 5.01. The van der Waals surface area contributed by atoms with Gasteiger partial charge in [0.05, 0.1) is 5.25 Å². The normalized spacial score (nSPS) is 14.8. The van der Waals surface area contributed by atoms with Gasteiger partial charge in [-0.2, -0.15) is 0 Å². The highest BCUT2D eigenvalue weighted by Crippen LogP contribution is 2.39. The Morgan fingerprint density at radius 2 is 1.50 bits per heavy atom. The lowest BCUT2D eigenvalue weighted by molar-refractivity contribution is 0.451. The summed E-state index contributed by atoms with van der Waals surface area (Å²) < 4.78 is 21.3. The van der Waals surface area contributed by atoms with Gasteiger partial charge in [0.1, 0.15) is 0 Å². The third-order valence-electron chi connectivity index (χ3n) is 1.07. The van der Waals surface area contributed by atoms with Gasteiger partial charge in [0.15, 0.2) is 0 Å². The van der Waals surface area contributed by atoms with E-state index in [9.17, 15) is 9.11 Å². The van der Waals surface area contributed by atoms with Crippen molar-refractivity contribution in [2.75, 3.05) is 0 Å². The summed E-state index contributed by atoms with van der Waals surface area (Å²) in [7, 11) is -2.55. The summed E-state index contributed by atoms with van der Waals surface area (Å²) in [5.41, 5.74) is 0. The van der Waals surface area contributed by atoms with Crippen LogP contribution in [0.1, 0.15) is 27.7 Å². The lowest BCUT2D eigenvalue weighted by Gasteiger charge is -2.38. The van der Waals surface area contributed by atoms with Crippen molar-refractivity contribution in [3.63, 3.8) is 0 Å². The van der Waals surface area contributed by atoms with E-state index in [1.807, 2.05) is 13.8 Å². The Bertz CT molecular complexity index is 104. The van der Waals surface area contributed by atoms with E-state index in [0.717, 1.165) is 0 Å². The molecular weight excluding hydrogens is 150 g/mol. The Kier molecular flexibility index (Phi) is 3.65. The Morgan fingerprint density at radius 3 is 1.60 bits per heavy atom. The molecule has 0 aliphatic heterocycles. The largest absolute Gasteiger partial charge is 0.285 e. The second kappa shape index (κ2) is 3.57. The molecule has 0 saturated carbocycles. The molecule has 3 nitrogen and oxygen atoms in total. The topological polar surface area (TPSA) is 52.5 Å². The molecule has 0 aromatic rings. The third kappa shape index (κ3) is 3.41. The maximum Gasteiger partial charge on any atom is 0.0582 e. The highest BCUT2D eigenvalue weighted by Gasteiger charge is 2.16. The number of nitrogens with one attached hydrogen (secondary N) is 1. The molecule has 0 radical (unpaired) electrons. The molecular formula is C6H17NO2S. The van der Waals surface area contributed by atoms with Crippen LogP contribution in [0, 0.1) is 0 Å². The Hall–Kier alpha value is 0.230. The zero-order chi connectivity index (χ0) is 8.36. The smallest absolute Gasteiger partial charge is 0.0582 e. The second-order valence-corrected chi connectivity index (χ2v) is 5.28. The minimum atomic E-state index is -2.55. The van der Waals surface area contributed by atoms with E-state index in [4.69, 9.17) is 0 Å². The predicted molar refractivity (Wildman–Crippen MR) is 46.3 cm³/mol. The molecule has 0 aliphatic carbocycles. The quantitative estimate of drug-likeness (QED) is 0.603. The van der Waals surface area contributed by atoms with Gasteiger partial charge in [-0.3, -0.25) is 9.11 Å². The van der Waals surface area contributed by atoms with Crippen LogP contribution >= 0.6 is 10.8 Å². The summed E-state index contributed by atoms with van der Waals surface area (Å²) in [5.74, 6) is 0. The van der Waals surface area contributed by atoms with Crippen LogP contribution in [0.2, 0.25) is 0 Å². The van der Waals surface area contributed by atoms with Crippen LogP contribution in [0.5, 0.6) is 0 Å². The molecule has 3 N–H and O–H groups in total. The molecule has 0 heterocycles. The molecule has 0 bridgehead atoms. The van der Waals surface area contributed by atoms with Crippen molar-refractivity contribution < 1.29 is 9.11 Å². The van der Waals surface area contributed by atoms with Crippen molar-refractivity contribution in [1.82, 2.24) is 4.72 Å². The molecule has 0 spiro atoms. The number of hydrogen-bond donors (Lipinski definition) is 3. The molecule has 0 atom stereocenters. The van der Waals surface area contributed by atoms with Gasteiger partial charge in [0, 0.05) is 6.04 Å². The summed E-state index contributed by atoms with van der Waals surface area (Å²) in [6.45, 7) is 7.34. The maximum atomic E-state index is 9.29. The van der Waals surface area contributed by atoms with Gasteiger partial charge in [-0.05, 0) is 27.7 Å². The number of rotatable bonds is 3. The van der Waals surface area contributed by atoms with Crippen molar-refractivity contribution in [3.8, 4) is 0 Å². The minimum Gasteiger partial charge on any atom is -0.285 e. The van der Waals surface area contributed by atoms with E-state index in [1.165, 1.54) is 0 Å². The SMILES string of the molecule is CC(C)NS(O)(O)C(C)C. The van der Waals surface area contributed by atoms with Crippen molar-refractivity contribution in [3.05, 3.63) is 0 Å². The number of hydrogen-bond acceptors (Lipinski definition) is 3. The van der Waals surface area contributed by atoms with E-state index < -0.39 is 10.8 Å². The van der Waals surface area contributed by atoms with Crippen LogP contribution < -0.4 is 4.72 Å². The Morgan fingerprint density at radius 1 is 1.10 bits per heavy atom. The van der Waals surface area contributed by atoms with Gasteiger partial charge in [0.25, 0.3) is 0 Å². The fraction of sp³-hybridized carbons (Fsp3) is 1.00. The first kappa shape index (κ1) is 10.2. The molecule has 10 heavy (non-hydrogen) atoms. The minimum absolute atomic E-state index is 0.116. The van der Waals surface area contributed by atoms with E-state index in [1.54, 1.807) is 13.8 Å². The van der Waals surface area contributed by atoms with E-state index in [0.29, 0.717) is 0 Å². The molecule has 0 aliphatic rings. The Labute approximate surface area is 64.3 Å². The molecule has 0 amide bonds. The summed E-state index contributed by atoms with van der Waals surface area (Å²) >= 11 is 0. The first-order valence-electron chi connectivity index (χ1n) is 3.40. The van der Waals surface area contributed by atoms with Crippen LogP contribution in [0.25, 0.3) is 0 Å². The van der Waals surface area contributed by atoms with Gasteiger partial charge in [0.2, 0.25) is 0 Å². The monoisotopic (exact) mass is 167 g/mol. The molecule has 0 saturated heterocycles. The van der Waals surface area contributed by atoms with Gasteiger partial charge < -0.3 is 0 Å². The van der Waals surface area contributed by atoms with Gasteiger partial charge >= 0.3 is 0 Å². The molecule has 0 fully saturated rings. The molecule has 64 valence electrons.